The van der Waals surface area contributed by atoms with Gasteiger partial charge in [-0.05, 0) is 25.5 Å². The van der Waals surface area contributed by atoms with Crippen molar-refractivity contribution in [3.8, 4) is 0 Å². The number of nitrogens with one attached hydrogen (secondary N) is 1. The maximum absolute atomic E-state index is 11.3. The Morgan fingerprint density at radius 3 is 2.75 bits per heavy atom. The van der Waals surface area contributed by atoms with Crippen LogP contribution in [0.25, 0.3) is 0 Å². The molecule has 0 aliphatic rings. The molecule has 5 heteroatoms. The van der Waals surface area contributed by atoms with E-state index < -0.39 is 11.9 Å². The average Bonchev–Trinajstić information content (AvgIpc) is 2.21. The monoisotopic (exact) mass is 222 g/mol. The fourth-order valence-corrected chi connectivity index (χ4v) is 1.07. The van der Waals surface area contributed by atoms with E-state index in [0.717, 1.165) is 5.56 Å². The quantitative estimate of drug-likeness (QED) is 0.615. The Morgan fingerprint density at radius 1 is 1.44 bits per heavy atom. The van der Waals surface area contributed by atoms with Crippen LogP contribution in [0.4, 0.5) is 5.82 Å². The highest BCUT2D eigenvalue weighted by Gasteiger charge is 2.10. The molecule has 16 heavy (non-hydrogen) atoms. The number of ether oxygens (including phenoxy) is 1. The predicted molar refractivity (Wildman–Crippen MR) is 58.9 cm³/mol. The third-order valence-electron chi connectivity index (χ3n) is 1.79. The molecule has 0 saturated heterocycles. The van der Waals surface area contributed by atoms with Crippen LogP contribution in [0.2, 0.25) is 0 Å². The Bertz CT molecular complexity index is 373. The summed E-state index contributed by atoms with van der Waals surface area (Å²) in [6.45, 7) is 3.86. The maximum atomic E-state index is 11.3. The zero-order valence-corrected chi connectivity index (χ0v) is 9.32. The molecule has 1 rings (SSSR count). The van der Waals surface area contributed by atoms with E-state index in [0.29, 0.717) is 5.82 Å². The van der Waals surface area contributed by atoms with E-state index in [-0.39, 0.29) is 13.0 Å². The van der Waals surface area contributed by atoms with Crippen molar-refractivity contribution < 1.29 is 14.3 Å². The van der Waals surface area contributed by atoms with Crippen molar-refractivity contribution in [2.45, 2.75) is 20.3 Å². The lowest BCUT2D eigenvalue weighted by Gasteiger charge is -2.04. The van der Waals surface area contributed by atoms with Crippen LogP contribution >= 0.6 is 0 Å². The van der Waals surface area contributed by atoms with Gasteiger partial charge in [-0.15, -0.1) is 0 Å². The van der Waals surface area contributed by atoms with E-state index in [2.05, 4.69) is 15.0 Å². The number of pyridine rings is 1. The van der Waals surface area contributed by atoms with Crippen molar-refractivity contribution in [2.75, 3.05) is 11.9 Å². The Labute approximate surface area is 93.8 Å². The Hall–Kier alpha value is -1.91. The van der Waals surface area contributed by atoms with Gasteiger partial charge in [-0.3, -0.25) is 9.59 Å². The molecule has 0 saturated carbocycles. The normalized spacial score (nSPS) is 9.62. The van der Waals surface area contributed by atoms with Crippen molar-refractivity contribution in [2.24, 2.45) is 0 Å². The molecule has 1 amide bonds. The van der Waals surface area contributed by atoms with E-state index in [1.54, 1.807) is 19.2 Å². The number of esters is 1. The molecule has 1 heterocycles. The van der Waals surface area contributed by atoms with Gasteiger partial charge in [-0.2, -0.15) is 0 Å². The summed E-state index contributed by atoms with van der Waals surface area (Å²) >= 11 is 0. The van der Waals surface area contributed by atoms with Gasteiger partial charge in [-0.1, -0.05) is 6.07 Å². The van der Waals surface area contributed by atoms with Gasteiger partial charge >= 0.3 is 5.97 Å². The van der Waals surface area contributed by atoms with E-state index in [1.165, 1.54) is 0 Å². The molecule has 5 nitrogen and oxygen atoms in total. The zero-order chi connectivity index (χ0) is 12.0. The summed E-state index contributed by atoms with van der Waals surface area (Å²) in [5.41, 5.74) is 1.00. The highest BCUT2D eigenvalue weighted by atomic mass is 16.5. The number of carbonyl (C=O) groups excluding carboxylic acids is 2. The summed E-state index contributed by atoms with van der Waals surface area (Å²) in [4.78, 5) is 26.3. The predicted octanol–water partition coefficient (Wildman–Crippen LogP) is 1.28. The fraction of sp³-hybridized carbons (Fsp3) is 0.364. The number of aryl methyl sites for hydroxylation is 1. The largest absolute Gasteiger partial charge is 0.466 e. The summed E-state index contributed by atoms with van der Waals surface area (Å²) in [6, 6.07) is 3.51. The summed E-state index contributed by atoms with van der Waals surface area (Å²) in [6.07, 6.45) is 1.35. The lowest BCUT2D eigenvalue weighted by molar-refractivity contribution is -0.145. The lowest BCUT2D eigenvalue weighted by Crippen LogP contribution is -2.18. The summed E-state index contributed by atoms with van der Waals surface area (Å²) < 4.78 is 4.65. The van der Waals surface area contributed by atoms with Crippen molar-refractivity contribution in [1.82, 2.24) is 4.98 Å². The molecule has 86 valence electrons. The van der Waals surface area contributed by atoms with Crippen LogP contribution in [0, 0.1) is 6.92 Å². The van der Waals surface area contributed by atoms with Crippen molar-refractivity contribution in [3.05, 3.63) is 23.9 Å². The number of hydrogen-bond acceptors (Lipinski definition) is 4. The molecule has 0 aliphatic heterocycles. The topological polar surface area (TPSA) is 68.3 Å². The van der Waals surface area contributed by atoms with Crippen LogP contribution in [-0.2, 0) is 14.3 Å². The van der Waals surface area contributed by atoms with E-state index in [9.17, 15) is 9.59 Å². The molecule has 0 aliphatic carbocycles. The Morgan fingerprint density at radius 2 is 2.19 bits per heavy atom. The maximum Gasteiger partial charge on any atom is 0.315 e. The molecular formula is C11H14N2O3. The highest BCUT2D eigenvalue weighted by molar-refractivity contribution is 6.01. The van der Waals surface area contributed by atoms with Gasteiger partial charge in [-0.25, -0.2) is 4.98 Å². The SMILES string of the molecule is CCOC(=O)CC(=O)Nc1ccc(C)cn1. The first kappa shape index (κ1) is 12.2. The summed E-state index contributed by atoms with van der Waals surface area (Å²) in [7, 11) is 0. The smallest absolute Gasteiger partial charge is 0.315 e. The highest BCUT2D eigenvalue weighted by Crippen LogP contribution is 2.04. The van der Waals surface area contributed by atoms with Gasteiger partial charge in [0.1, 0.15) is 12.2 Å². The number of nitrogens with zero attached hydrogens (tertiary/aromatic N) is 1. The van der Waals surface area contributed by atoms with Gasteiger partial charge in [0, 0.05) is 6.20 Å². The minimum absolute atomic E-state index is 0.273. The molecule has 0 atom stereocenters. The molecule has 0 fully saturated rings. The third kappa shape index (κ3) is 4.08. The molecule has 1 aromatic heterocycles. The zero-order valence-electron chi connectivity index (χ0n) is 9.32. The fourth-order valence-electron chi connectivity index (χ4n) is 1.07. The molecule has 0 spiro atoms. The minimum atomic E-state index is -0.535. The number of anilines is 1. The molecule has 0 aromatic carbocycles. The molecule has 0 radical (unpaired) electrons. The first-order valence-corrected chi connectivity index (χ1v) is 5.00. The summed E-state index contributed by atoms with van der Waals surface area (Å²) in [5, 5.41) is 2.51. The molecule has 1 aromatic rings. The second-order valence-electron chi connectivity index (χ2n) is 3.25. The van der Waals surface area contributed by atoms with Crippen LogP contribution in [0.5, 0.6) is 0 Å². The van der Waals surface area contributed by atoms with E-state index in [1.807, 2.05) is 13.0 Å². The van der Waals surface area contributed by atoms with E-state index >= 15 is 0 Å². The molecule has 0 unspecified atom stereocenters. The average molecular weight is 222 g/mol. The second-order valence-corrected chi connectivity index (χ2v) is 3.25. The lowest BCUT2D eigenvalue weighted by atomic mass is 10.3. The number of carbonyl (C=O) groups is 2. The first-order chi connectivity index (χ1) is 7.61. The molecule has 1 N–H and O–H groups in total. The van der Waals surface area contributed by atoms with E-state index in [4.69, 9.17) is 0 Å². The van der Waals surface area contributed by atoms with Gasteiger partial charge in [0.2, 0.25) is 5.91 Å². The Kier molecular flexibility index (Phi) is 4.44. The Balaban J connectivity index is 2.45. The van der Waals surface area contributed by atoms with Crippen molar-refractivity contribution in [3.63, 3.8) is 0 Å². The molecular weight excluding hydrogens is 208 g/mol. The van der Waals surface area contributed by atoms with Gasteiger partial charge in [0.25, 0.3) is 0 Å². The van der Waals surface area contributed by atoms with Crippen molar-refractivity contribution in [1.29, 1.82) is 0 Å². The van der Waals surface area contributed by atoms with Gasteiger partial charge in [0.15, 0.2) is 0 Å². The van der Waals surface area contributed by atoms with Crippen LogP contribution in [0.3, 0.4) is 0 Å². The molecule has 0 bridgehead atoms. The second kappa shape index (κ2) is 5.85. The van der Waals surface area contributed by atoms with Crippen molar-refractivity contribution >= 4 is 17.7 Å². The number of hydrogen-bond donors (Lipinski definition) is 1. The van der Waals surface area contributed by atoms with Crippen LogP contribution in [-0.4, -0.2) is 23.5 Å². The number of aromatic nitrogens is 1. The van der Waals surface area contributed by atoms with Gasteiger partial charge in [0.05, 0.1) is 6.61 Å². The number of amides is 1. The number of rotatable bonds is 4. The van der Waals surface area contributed by atoms with Crippen LogP contribution in [0.1, 0.15) is 18.9 Å². The van der Waals surface area contributed by atoms with Crippen LogP contribution < -0.4 is 5.32 Å². The third-order valence-corrected chi connectivity index (χ3v) is 1.79. The van der Waals surface area contributed by atoms with Crippen LogP contribution in [0.15, 0.2) is 18.3 Å². The van der Waals surface area contributed by atoms with Gasteiger partial charge < -0.3 is 10.1 Å². The summed E-state index contributed by atoms with van der Waals surface area (Å²) in [5.74, 6) is -0.526. The minimum Gasteiger partial charge on any atom is -0.466 e. The standard InChI is InChI=1S/C11H14N2O3/c1-3-16-11(15)6-10(14)13-9-5-4-8(2)7-12-9/h4-5,7H,3,6H2,1-2H3,(H,12,13,14). The first-order valence-electron chi connectivity index (χ1n) is 5.00.